The van der Waals surface area contributed by atoms with E-state index in [1.165, 1.54) is 23.1 Å². The highest BCUT2D eigenvalue weighted by atomic mass is 19.3. The number of hydrogen-bond acceptors (Lipinski definition) is 3. The lowest BCUT2D eigenvalue weighted by Crippen LogP contribution is -2.41. The van der Waals surface area contributed by atoms with Crippen molar-refractivity contribution in [1.82, 2.24) is 0 Å². The van der Waals surface area contributed by atoms with E-state index in [0.717, 1.165) is 0 Å². The first-order valence-corrected chi connectivity index (χ1v) is 7.47. The molecule has 0 atom stereocenters. The number of halogens is 2. The summed E-state index contributed by atoms with van der Waals surface area (Å²) in [5.74, 6) is -0.769. The van der Waals surface area contributed by atoms with Crippen molar-refractivity contribution in [2.75, 3.05) is 16.8 Å². The van der Waals surface area contributed by atoms with E-state index in [1.54, 1.807) is 42.5 Å². The molecule has 25 heavy (non-hydrogen) atoms. The maximum atomic E-state index is 12.5. The first kappa shape index (κ1) is 16.6. The van der Waals surface area contributed by atoms with Crippen LogP contribution >= 0.6 is 0 Å². The highest BCUT2D eigenvalue weighted by molar-refractivity contribution is 6.13. The van der Waals surface area contributed by atoms with E-state index in [0.29, 0.717) is 16.9 Å². The molecule has 0 spiro atoms. The Labute approximate surface area is 142 Å². The Balaban J connectivity index is 1.84. The van der Waals surface area contributed by atoms with Crippen LogP contribution in [0.1, 0.15) is 5.56 Å². The van der Waals surface area contributed by atoms with Gasteiger partial charge in [0.15, 0.2) is 0 Å². The van der Waals surface area contributed by atoms with Crippen LogP contribution in [0.15, 0.2) is 54.6 Å². The van der Waals surface area contributed by atoms with Crippen molar-refractivity contribution < 1.29 is 23.1 Å². The third-order valence-electron chi connectivity index (χ3n) is 3.58. The van der Waals surface area contributed by atoms with Crippen LogP contribution < -0.4 is 15.0 Å². The van der Waals surface area contributed by atoms with Gasteiger partial charge in [-0.2, -0.15) is 8.78 Å². The minimum absolute atomic E-state index is 0.0293. The van der Waals surface area contributed by atoms with Crippen molar-refractivity contribution in [3.63, 3.8) is 0 Å². The van der Waals surface area contributed by atoms with Crippen molar-refractivity contribution in [2.24, 2.45) is 0 Å². The SMILES string of the molecule is O=C1CN(C(=O)C=Cc2ccccc2OC(F)F)c2ccccc2N1. The number of rotatable bonds is 4. The lowest BCUT2D eigenvalue weighted by atomic mass is 10.1. The van der Waals surface area contributed by atoms with E-state index in [-0.39, 0.29) is 18.2 Å². The number of benzene rings is 2. The van der Waals surface area contributed by atoms with Gasteiger partial charge >= 0.3 is 6.61 Å². The average molecular weight is 344 g/mol. The highest BCUT2D eigenvalue weighted by Crippen LogP contribution is 2.29. The number of carbonyl (C=O) groups excluding carboxylic acids is 2. The lowest BCUT2D eigenvalue weighted by molar-refractivity contribution is -0.119. The van der Waals surface area contributed by atoms with Crippen molar-refractivity contribution in [3.05, 3.63) is 60.2 Å². The molecule has 0 saturated heterocycles. The molecule has 0 saturated carbocycles. The Morgan fingerprint density at radius 1 is 1.16 bits per heavy atom. The number of para-hydroxylation sites is 3. The van der Waals surface area contributed by atoms with Crippen molar-refractivity contribution in [1.29, 1.82) is 0 Å². The van der Waals surface area contributed by atoms with Gasteiger partial charge in [0.1, 0.15) is 12.3 Å². The molecular formula is C18H14F2N2O3. The highest BCUT2D eigenvalue weighted by Gasteiger charge is 2.25. The molecule has 2 aromatic carbocycles. The quantitative estimate of drug-likeness (QED) is 0.866. The summed E-state index contributed by atoms with van der Waals surface area (Å²) in [6.45, 7) is -3.07. The average Bonchev–Trinajstić information content (AvgIpc) is 2.59. The van der Waals surface area contributed by atoms with E-state index >= 15 is 0 Å². The Morgan fingerprint density at radius 3 is 2.68 bits per heavy atom. The second-order valence-corrected chi connectivity index (χ2v) is 5.24. The number of alkyl halides is 2. The molecule has 0 radical (unpaired) electrons. The fourth-order valence-corrected chi connectivity index (χ4v) is 2.50. The second kappa shape index (κ2) is 7.12. The Kier molecular flexibility index (Phi) is 4.74. The monoisotopic (exact) mass is 344 g/mol. The lowest BCUT2D eigenvalue weighted by Gasteiger charge is -2.28. The van der Waals surface area contributed by atoms with Crippen LogP contribution in [0.25, 0.3) is 6.08 Å². The maximum Gasteiger partial charge on any atom is 0.387 e. The minimum Gasteiger partial charge on any atom is -0.434 e. The summed E-state index contributed by atoms with van der Waals surface area (Å²) < 4.78 is 29.3. The molecule has 0 bridgehead atoms. The van der Waals surface area contributed by atoms with Gasteiger partial charge in [-0.15, -0.1) is 0 Å². The standard InChI is InChI=1S/C18H14F2N2O3/c19-18(20)25-15-8-4-1-5-12(15)9-10-17(24)22-11-16(23)21-13-6-2-3-7-14(13)22/h1-10,18H,11H2,(H,21,23). The van der Waals surface area contributed by atoms with Crippen molar-refractivity contribution in [3.8, 4) is 5.75 Å². The van der Waals surface area contributed by atoms with Crippen LogP contribution in [0.3, 0.4) is 0 Å². The first-order chi connectivity index (χ1) is 12.0. The molecule has 1 aliphatic heterocycles. The Morgan fingerprint density at radius 2 is 1.88 bits per heavy atom. The van der Waals surface area contributed by atoms with Gasteiger partial charge in [0, 0.05) is 11.6 Å². The van der Waals surface area contributed by atoms with E-state index in [1.807, 2.05) is 0 Å². The van der Waals surface area contributed by atoms with Crippen LogP contribution in [-0.2, 0) is 9.59 Å². The van der Waals surface area contributed by atoms with Crippen LogP contribution in [0.4, 0.5) is 20.2 Å². The molecular weight excluding hydrogens is 330 g/mol. The van der Waals surface area contributed by atoms with Crippen LogP contribution in [0.2, 0.25) is 0 Å². The van der Waals surface area contributed by atoms with Crippen molar-refractivity contribution in [2.45, 2.75) is 6.61 Å². The number of anilines is 2. The molecule has 0 fully saturated rings. The summed E-state index contributed by atoms with van der Waals surface area (Å²) >= 11 is 0. The molecule has 2 amide bonds. The molecule has 1 heterocycles. The topological polar surface area (TPSA) is 58.6 Å². The smallest absolute Gasteiger partial charge is 0.387 e. The van der Waals surface area contributed by atoms with E-state index in [2.05, 4.69) is 10.1 Å². The zero-order chi connectivity index (χ0) is 17.8. The van der Waals surface area contributed by atoms with Gasteiger partial charge < -0.3 is 10.1 Å². The molecule has 3 rings (SSSR count). The summed E-state index contributed by atoms with van der Waals surface area (Å²) in [6.07, 6.45) is 2.61. The zero-order valence-corrected chi connectivity index (χ0v) is 13.0. The second-order valence-electron chi connectivity index (χ2n) is 5.24. The van der Waals surface area contributed by atoms with Crippen LogP contribution in [0.5, 0.6) is 5.75 Å². The normalized spacial score (nSPS) is 13.7. The number of amides is 2. The van der Waals surface area contributed by atoms with Gasteiger partial charge in [-0.3, -0.25) is 14.5 Å². The third kappa shape index (κ3) is 3.82. The summed E-state index contributed by atoms with van der Waals surface area (Å²) in [6, 6.07) is 13.1. The number of hydrogen-bond donors (Lipinski definition) is 1. The van der Waals surface area contributed by atoms with Gasteiger partial charge in [-0.05, 0) is 24.3 Å². The zero-order valence-electron chi connectivity index (χ0n) is 13.0. The van der Waals surface area contributed by atoms with Gasteiger partial charge in [0.25, 0.3) is 5.91 Å². The van der Waals surface area contributed by atoms with E-state index in [4.69, 9.17) is 0 Å². The number of carbonyl (C=O) groups is 2. The molecule has 0 unspecified atom stereocenters. The molecule has 128 valence electrons. The molecule has 0 aromatic heterocycles. The van der Waals surface area contributed by atoms with Gasteiger partial charge in [-0.1, -0.05) is 30.3 Å². The third-order valence-corrected chi connectivity index (χ3v) is 3.58. The predicted octanol–water partition coefficient (Wildman–Crippen LogP) is 3.29. The largest absolute Gasteiger partial charge is 0.434 e. The molecule has 1 aliphatic rings. The molecule has 5 nitrogen and oxygen atoms in total. The van der Waals surface area contributed by atoms with Gasteiger partial charge in [0.05, 0.1) is 11.4 Å². The van der Waals surface area contributed by atoms with Crippen LogP contribution in [0, 0.1) is 0 Å². The van der Waals surface area contributed by atoms with E-state index in [9.17, 15) is 18.4 Å². The van der Waals surface area contributed by atoms with Gasteiger partial charge in [0.2, 0.25) is 5.91 Å². The minimum atomic E-state index is -2.96. The fraction of sp³-hybridized carbons (Fsp3) is 0.111. The number of nitrogens with zero attached hydrogens (tertiary/aromatic N) is 1. The summed E-state index contributed by atoms with van der Waals surface area (Å²) in [7, 11) is 0. The number of fused-ring (bicyclic) bond motifs is 1. The van der Waals surface area contributed by atoms with Crippen LogP contribution in [-0.4, -0.2) is 25.0 Å². The maximum absolute atomic E-state index is 12.5. The Bertz CT molecular complexity index is 837. The molecule has 1 N–H and O–H groups in total. The number of nitrogens with one attached hydrogen (secondary N) is 1. The predicted molar refractivity (Wildman–Crippen MR) is 89.5 cm³/mol. The Hall–Kier alpha value is -3.22. The molecule has 7 heteroatoms. The van der Waals surface area contributed by atoms with E-state index < -0.39 is 12.5 Å². The summed E-state index contributed by atoms with van der Waals surface area (Å²) in [5.41, 5.74) is 1.46. The molecule has 2 aromatic rings. The summed E-state index contributed by atoms with van der Waals surface area (Å²) in [4.78, 5) is 25.6. The number of ether oxygens (including phenoxy) is 1. The molecule has 0 aliphatic carbocycles. The first-order valence-electron chi connectivity index (χ1n) is 7.47. The summed E-state index contributed by atoms with van der Waals surface area (Å²) in [5, 5.41) is 2.69. The van der Waals surface area contributed by atoms with Crippen molar-refractivity contribution >= 4 is 29.3 Å². The van der Waals surface area contributed by atoms with Gasteiger partial charge in [-0.25, -0.2) is 0 Å². The fourth-order valence-electron chi connectivity index (χ4n) is 2.50.